The molecule has 19 heavy (non-hydrogen) atoms. The summed E-state index contributed by atoms with van der Waals surface area (Å²) in [5.74, 6) is 0.355. The van der Waals surface area contributed by atoms with Crippen molar-refractivity contribution in [2.75, 3.05) is 19.6 Å². The number of sulfonamides is 1. The number of aryl methyl sites for hydroxylation is 1. The molecule has 102 valence electrons. The fourth-order valence-corrected chi connectivity index (χ4v) is 3.56. The molecule has 0 radical (unpaired) electrons. The highest BCUT2D eigenvalue weighted by atomic mass is 32.2. The lowest BCUT2D eigenvalue weighted by atomic mass is 10.1. The summed E-state index contributed by atoms with van der Waals surface area (Å²) in [6.07, 6.45) is 0.995. The first-order chi connectivity index (χ1) is 9.03. The number of hydrogen-bond acceptors (Lipinski definition) is 4. The van der Waals surface area contributed by atoms with Crippen molar-refractivity contribution in [3.63, 3.8) is 0 Å². The van der Waals surface area contributed by atoms with Crippen molar-refractivity contribution in [3.8, 4) is 6.07 Å². The number of rotatable bonds is 4. The Bertz CT molecular complexity index is 599. The van der Waals surface area contributed by atoms with Crippen LogP contribution in [0.15, 0.2) is 23.1 Å². The van der Waals surface area contributed by atoms with Crippen molar-refractivity contribution >= 4 is 10.0 Å². The Morgan fingerprint density at radius 3 is 2.89 bits per heavy atom. The van der Waals surface area contributed by atoms with Gasteiger partial charge in [-0.1, -0.05) is 0 Å². The molecule has 0 saturated carbocycles. The van der Waals surface area contributed by atoms with Crippen molar-refractivity contribution in [2.45, 2.75) is 18.2 Å². The molecule has 1 saturated heterocycles. The van der Waals surface area contributed by atoms with E-state index in [9.17, 15) is 8.42 Å². The topological polar surface area (TPSA) is 82.0 Å². The van der Waals surface area contributed by atoms with Crippen LogP contribution in [0, 0.1) is 24.2 Å². The van der Waals surface area contributed by atoms with Crippen LogP contribution in [0.3, 0.4) is 0 Å². The van der Waals surface area contributed by atoms with E-state index in [1.165, 1.54) is 12.1 Å². The van der Waals surface area contributed by atoms with Gasteiger partial charge in [0.05, 0.1) is 16.5 Å². The molecule has 6 heteroatoms. The SMILES string of the molecule is Cc1cc(C#N)ccc1S(=O)(=O)NCC1CCNC1. The second-order valence-electron chi connectivity index (χ2n) is 4.80. The molecule has 1 fully saturated rings. The van der Waals surface area contributed by atoms with Crippen molar-refractivity contribution in [1.29, 1.82) is 5.26 Å². The van der Waals surface area contributed by atoms with Crippen LogP contribution in [0.2, 0.25) is 0 Å². The van der Waals surface area contributed by atoms with E-state index in [-0.39, 0.29) is 4.90 Å². The molecule has 0 spiro atoms. The first-order valence-electron chi connectivity index (χ1n) is 6.24. The van der Waals surface area contributed by atoms with Crippen LogP contribution in [0.4, 0.5) is 0 Å². The summed E-state index contributed by atoms with van der Waals surface area (Å²) in [6.45, 7) is 3.96. The van der Waals surface area contributed by atoms with E-state index < -0.39 is 10.0 Å². The molecule has 1 unspecified atom stereocenters. The summed E-state index contributed by atoms with van der Waals surface area (Å²) in [5.41, 5.74) is 1.06. The molecule has 0 aromatic heterocycles. The molecule has 0 aliphatic carbocycles. The molecule has 0 amide bonds. The van der Waals surface area contributed by atoms with Crippen molar-refractivity contribution < 1.29 is 8.42 Å². The largest absolute Gasteiger partial charge is 0.316 e. The molecule has 1 atom stereocenters. The second kappa shape index (κ2) is 5.70. The molecular weight excluding hydrogens is 262 g/mol. The zero-order valence-corrected chi connectivity index (χ0v) is 11.6. The first-order valence-corrected chi connectivity index (χ1v) is 7.72. The fourth-order valence-electron chi connectivity index (χ4n) is 2.21. The Kier molecular flexibility index (Phi) is 4.20. The molecule has 1 aromatic carbocycles. The third kappa shape index (κ3) is 3.32. The number of nitrogens with one attached hydrogen (secondary N) is 2. The lowest BCUT2D eigenvalue weighted by Gasteiger charge is -2.12. The van der Waals surface area contributed by atoms with Crippen LogP contribution in [0.5, 0.6) is 0 Å². The summed E-state index contributed by atoms with van der Waals surface area (Å²) >= 11 is 0. The monoisotopic (exact) mass is 279 g/mol. The standard InChI is InChI=1S/C13H17N3O2S/c1-10-6-11(7-14)2-3-13(10)19(17,18)16-9-12-4-5-15-8-12/h2-3,6,12,15-16H,4-5,8-9H2,1H3. The maximum absolute atomic E-state index is 12.2. The van der Waals surface area contributed by atoms with Crippen LogP contribution in [-0.4, -0.2) is 28.1 Å². The predicted molar refractivity (Wildman–Crippen MR) is 72.1 cm³/mol. The third-order valence-electron chi connectivity index (χ3n) is 3.32. The minimum absolute atomic E-state index is 0.248. The highest BCUT2D eigenvalue weighted by Gasteiger charge is 2.20. The third-order valence-corrected chi connectivity index (χ3v) is 4.90. The van der Waals surface area contributed by atoms with Crippen LogP contribution in [0.25, 0.3) is 0 Å². The maximum Gasteiger partial charge on any atom is 0.240 e. The Hall–Kier alpha value is -1.42. The zero-order chi connectivity index (χ0) is 13.9. The molecule has 2 N–H and O–H groups in total. The van der Waals surface area contributed by atoms with Gasteiger partial charge in [-0.05, 0) is 56.1 Å². The van der Waals surface area contributed by atoms with Gasteiger partial charge >= 0.3 is 0 Å². The quantitative estimate of drug-likeness (QED) is 0.852. The Balaban J connectivity index is 2.12. The van der Waals surface area contributed by atoms with E-state index >= 15 is 0 Å². The van der Waals surface area contributed by atoms with Gasteiger partial charge < -0.3 is 5.32 Å². The van der Waals surface area contributed by atoms with Gasteiger partial charge in [0.25, 0.3) is 0 Å². The van der Waals surface area contributed by atoms with Gasteiger partial charge in [0.15, 0.2) is 0 Å². The van der Waals surface area contributed by atoms with Gasteiger partial charge in [0, 0.05) is 6.54 Å². The van der Waals surface area contributed by atoms with E-state index in [2.05, 4.69) is 10.0 Å². The number of hydrogen-bond donors (Lipinski definition) is 2. The predicted octanol–water partition coefficient (Wildman–Crippen LogP) is 0.754. The van der Waals surface area contributed by atoms with E-state index in [0.29, 0.717) is 23.6 Å². The van der Waals surface area contributed by atoms with Gasteiger partial charge in [-0.25, -0.2) is 13.1 Å². The number of benzene rings is 1. The summed E-state index contributed by atoms with van der Waals surface area (Å²) in [7, 11) is -3.49. The smallest absolute Gasteiger partial charge is 0.240 e. The first kappa shape index (κ1) is 14.0. The summed E-state index contributed by atoms with van der Waals surface area (Å²) in [5, 5.41) is 12.0. The van der Waals surface area contributed by atoms with Gasteiger partial charge in [0.1, 0.15) is 0 Å². The molecule has 2 rings (SSSR count). The summed E-state index contributed by atoms with van der Waals surface area (Å²) < 4.78 is 27.0. The van der Waals surface area contributed by atoms with Gasteiger partial charge in [0.2, 0.25) is 10.0 Å². The highest BCUT2D eigenvalue weighted by Crippen LogP contribution is 2.17. The van der Waals surface area contributed by atoms with Crippen LogP contribution < -0.4 is 10.0 Å². The second-order valence-corrected chi connectivity index (χ2v) is 6.54. The molecule has 1 aliphatic heterocycles. The molecule has 0 bridgehead atoms. The Morgan fingerprint density at radius 1 is 1.53 bits per heavy atom. The Morgan fingerprint density at radius 2 is 2.32 bits per heavy atom. The van der Waals surface area contributed by atoms with Crippen molar-refractivity contribution in [3.05, 3.63) is 29.3 Å². The molecule has 1 heterocycles. The van der Waals surface area contributed by atoms with Crippen molar-refractivity contribution in [2.24, 2.45) is 5.92 Å². The van der Waals surface area contributed by atoms with E-state index in [1.54, 1.807) is 13.0 Å². The molecular formula is C13H17N3O2S. The average Bonchev–Trinajstić information content (AvgIpc) is 2.89. The summed E-state index contributed by atoms with van der Waals surface area (Å²) in [6, 6.07) is 6.60. The molecule has 1 aliphatic rings. The minimum atomic E-state index is -3.49. The van der Waals surface area contributed by atoms with Crippen LogP contribution in [0.1, 0.15) is 17.5 Å². The van der Waals surface area contributed by atoms with E-state index in [4.69, 9.17) is 5.26 Å². The molecule has 5 nitrogen and oxygen atoms in total. The molecule has 1 aromatic rings. The van der Waals surface area contributed by atoms with Gasteiger partial charge in [-0.2, -0.15) is 5.26 Å². The van der Waals surface area contributed by atoms with E-state index in [1.807, 2.05) is 6.07 Å². The highest BCUT2D eigenvalue weighted by molar-refractivity contribution is 7.89. The number of nitrogens with zero attached hydrogens (tertiary/aromatic N) is 1. The van der Waals surface area contributed by atoms with Gasteiger partial charge in [-0.3, -0.25) is 0 Å². The Labute approximate surface area is 113 Å². The minimum Gasteiger partial charge on any atom is -0.316 e. The zero-order valence-electron chi connectivity index (χ0n) is 10.8. The lowest BCUT2D eigenvalue weighted by molar-refractivity contribution is 0.538. The van der Waals surface area contributed by atoms with Crippen LogP contribution in [-0.2, 0) is 10.0 Å². The lowest BCUT2D eigenvalue weighted by Crippen LogP contribution is -2.30. The normalized spacial score (nSPS) is 19.3. The van der Waals surface area contributed by atoms with Gasteiger partial charge in [-0.15, -0.1) is 0 Å². The van der Waals surface area contributed by atoms with Crippen LogP contribution >= 0.6 is 0 Å². The average molecular weight is 279 g/mol. The number of nitriles is 1. The fraction of sp³-hybridized carbons (Fsp3) is 0.462. The van der Waals surface area contributed by atoms with E-state index in [0.717, 1.165) is 19.5 Å². The van der Waals surface area contributed by atoms with Crippen molar-refractivity contribution in [1.82, 2.24) is 10.0 Å². The maximum atomic E-state index is 12.2. The summed E-state index contributed by atoms with van der Waals surface area (Å²) in [4.78, 5) is 0.248.